The fourth-order valence-corrected chi connectivity index (χ4v) is 2.21. The van der Waals surface area contributed by atoms with E-state index in [1.54, 1.807) is 6.07 Å². The van der Waals surface area contributed by atoms with Crippen LogP contribution in [0.3, 0.4) is 0 Å². The zero-order chi connectivity index (χ0) is 13.1. The fraction of sp³-hybridized carbons (Fsp3) is 0.200. The zero-order valence-electron chi connectivity index (χ0n) is 10.3. The molecule has 0 spiro atoms. The van der Waals surface area contributed by atoms with Crippen molar-refractivity contribution >= 4 is 23.2 Å². The third kappa shape index (κ3) is 2.80. The molecule has 0 radical (unpaired) electrons. The third-order valence-electron chi connectivity index (χ3n) is 2.81. The van der Waals surface area contributed by atoms with Gasteiger partial charge < -0.3 is 4.74 Å². The van der Waals surface area contributed by atoms with E-state index in [2.05, 4.69) is 0 Å². The van der Waals surface area contributed by atoms with Gasteiger partial charge in [-0.25, -0.2) is 0 Å². The normalized spacial score (nSPS) is 10.4. The highest BCUT2D eigenvalue weighted by atomic mass is 35.5. The molecule has 0 aromatic heterocycles. The first kappa shape index (κ1) is 13.3. The third-order valence-corrected chi connectivity index (χ3v) is 3.67. The van der Waals surface area contributed by atoms with Crippen molar-refractivity contribution in [2.45, 2.75) is 20.5 Å². The van der Waals surface area contributed by atoms with Crippen molar-refractivity contribution < 1.29 is 4.74 Å². The minimum Gasteiger partial charge on any atom is -0.488 e. The highest BCUT2D eigenvalue weighted by molar-refractivity contribution is 6.42. The molecule has 0 aliphatic heterocycles. The number of hydrogen-bond donors (Lipinski definition) is 0. The first-order valence-electron chi connectivity index (χ1n) is 5.71. The van der Waals surface area contributed by atoms with Crippen LogP contribution in [0.25, 0.3) is 0 Å². The minimum absolute atomic E-state index is 0.422. The lowest BCUT2D eigenvalue weighted by Crippen LogP contribution is -1.99. The van der Waals surface area contributed by atoms with E-state index < -0.39 is 0 Å². The molecule has 2 aromatic rings. The Morgan fingerprint density at radius 3 is 2.22 bits per heavy atom. The van der Waals surface area contributed by atoms with E-state index >= 15 is 0 Å². The molecule has 0 bridgehead atoms. The lowest BCUT2D eigenvalue weighted by Gasteiger charge is -2.13. The highest BCUT2D eigenvalue weighted by Gasteiger charge is 2.07. The smallest absolute Gasteiger partial charge is 0.125 e. The summed E-state index contributed by atoms with van der Waals surface area (Å²) in [5.74, 6) is 0.911. The molecular formula is C15H14Cl2O. The Balaban J connectivity index is 2.19. The predicted molar refractivity (Wildman–Crippen MR) is 76.7 cm³/mol. The maximum atomic E-state index is 6.13. The number of halogens is 2. The SMILES string of the molecule is Cc1cccc(C)c1OCc1cccc(Cl)c1Cl. The van der Waals surface area contributed by atoms with Gasteiger partial charge in [-0.05, 0) is 31.0 Å². The van der Waals surface area contributed by atoms with Crippen LogP contribution in [-0.4, -0.2) is 0 Å². The number of para-hydroxylation sites is 1. The van der Waals surface area contributed by atoms with Gasteiger partial charge in [-0.2, -0.15) is 0 Å². The van der Waals surface area contributed by atoms with Crippen molar-refractivity contribution in [1.29, 1.82) is 0 Å². The molecule has 0 atom stereocenters. The average molecular weight is 281 g/mol. The molecule has 0 aliphatic rings. The lowest BCUT2D eigenvalue weighted by atomic mass is 10.1. The van der Waals surface area contributed by atoms with Crippen molar-refractivity contribution in [3.8, 4) is 5.75 Å². The average Bonchev–Trinajstić information content (AvgIpc) is 2.33. The summed E-state index contributed by atoms with van der Waals surface area (Å²) in [4.78, 5) is 0. The molecule has 0 aliphatic carbocycles. The summed E-state index contributed by atoms with van der Waals surface area (Å²) >= 11 is 12.1. The molecule has 0 saturated heterocycles. The highest BCUT2D eigenvalue weighted by Crippen LogP contribution is 2.28. The second-order valence-corrected chi connectivity index (χ2v) is 5.01. The van der Waals surface area contributed by atoms with Crippen LogP contribution in [-0.2, 0) is 6.61 Å². The monoisotopic (exact) mass is 280 g/mol. The standard InChI is InChI=1S/C15H14Cl2O/c1-10-5-3-6-11(2)15(10)18-9-12-7-4-8-13(16)14(12)17/h3-8H,9H2,1-2H3. The van der Waals surface area contributed by atoms with Crippen molar-refractivity contribution in [3.05, 3.63) is 63.1 Å². The Morgan fingerprint density at radius 1 is 0.944 bits per heavy atom. The topological polar surface area (TPSA) is 9.23 Å². The van der Waals surface area contributed by atoms with E-state index in [-0.39, 0.29) is 0 Å². The summed E-state index contributed by atoms with van der Waals surface area (Å²) < 4.78 is 5.85. The number of hydrogen-bond acceptors (Lipinski definition) is 1. The molecule has 0 fully saturated rings. The minimum atomic E-state index is 0.422. The fourth-order valence-electron chi connectivity index (χ4n) is 1.84. The number of aryl methyl sites for hydroxylation is 2. The van der Waals surface area contributed by atoms with Gasteiger partial charge >= 0.3 is 0 Å². The van der Waals surface area contributed by atoms with Crippen LogP contribution in [0.1, 0.15) is 16.7 Å². The van der Waals surface area contributed by atoms with Gasteiger partial charge in [0.05, 0.1) is 10.0 Å². The van der Waals surface area contributed by atoms with Gasteiger partial charge in [0, 0.05) is 5.56 Å². The molecule has 0 heterocycles. The Labute approximate surface area is 117 Å². The molecule has 94 valence electrons. The van der Waals surface area contributed by atoms with E-state index in [4.69, 9.17) is 27.9 Å². The molecule has 0 unspecified atom stereocenters. The second-order valence-electron chi connectivity index (χ2n) is 4.22. The van der Waals surface area contributed by atoms with Gasteiger partial charge in [0.25, 0.3) is 0 Å². The van der Waals surface area contributed by atoms with Crippen LogP contribution < -0.4 is 4.74 Å². The summed E-state index contributed by atoms with van der Waals surface area (Å²) in [5.41, 5.74) is 3.13. The van der Waals surface area contributed by atoms with E-state index in [1.807, 2.05) is 44.2 Å². The van der Waals surface area contributed by atoms with Crippen molar-refractivity contribution in [3.63, 3.8) is 0 Å². The first-order chi connectivity index (χ1) is 8.59. The summed E-state index contributed by atoms with van der Waals surface area (Å²) in [6.45, 7) is 4.48. The molecule has 0 N–H and O–H groups in total. The van der Waals surface area contributed by atoms with Crippen molar-refractivity contribution in [1.82, 2.24) is 0 Å². The predicted octanol–water partition coefficient (Wildman–Crippen LogP) is 5.19. The number of rotatable bonds is 3. The maximum Gasteiger partial charge on any atom is 0.125 e. The van der Waals surface area contributed by atoms with Crippen LogP contribution in [0, 0.1) is 13.8 Å². The number of benzene rings is 2. The Hall–Kier alpha value is -1.18. The Kier molecular flexibility index (Phi) is 4.15. The number of ether oxygens (including phenoxy) is 1. The summed E-state index contributed by atoms with van der Waals surface area (Å²) in [5, 5.41) is 1.12. The van der Waals surface area contributed by atoms with Gasteiger partial charge in [-0.15, -0.1) is 0 Å². The molecule has 0 saturated carbocycles. The molecular weight excluding hydrogens is 267 g/mol. The molecule has 2 aromatic carbocycles. The van der Waals surface area contributed by atoms with Crippen LogP contribution in [0.2, 0.25) is 10.0 Å². The largest absolute Gasteiger partial charge is 0.488 e. The Bertz CT molecular complexity index is 544. The van der Waals surface area contributed by atoms with Crippen molar-refractivity contribution in [2.24, 2.45) is 0 Å². The maximum absolute atomic E-state index is 6.13. The van der Waals surface area contributed by atoms with E-state index in [9.17, 15) is 0 Å². The lowest BCUT2D eigenvalue weighted by molar-refractivity contribution is 0.302. The molecule has 3 heteroatoms. The van der Waals surface area contributed by atoms with E-state index in [1.165, 1.54) is 0 Å². The van der Waals surface area contributed by atoms with Gasteiger partial charge in [0.1, 0.15) is 12.4 Å². The van der Waals surface area contributed by atoms with Gasteiger partial charge in [-0.1, -0.05) is 53.5 Å². The van der Waals surface area contributed by atoms with Gasteiger partial charge in [-0.3, -0.25) is 0 Å². The van der Waals surface area contributed by atoms with E-state index in [0.717, 1.165) is 22.4 Å². The van der Waals surface area contributed by atoms with Crippen LogP contribution in [0.15, 0.2) is 36.4 Å². The summed E-state index contributed by atoms with van der Waals surface area (Å²) in [6.07, 6.45) is 0. The molecule has 1 nitrogen and oxygen atoms in total. The Morgan fingerprint density at radius 2 is 1.56 bits per heavy atom. The second kappa shape index (κ2) is 5.64. The molecule has 2 rings (SSSR count). The van der Waals surface area contributed by atoms with Gasteiger partial charge in [0.2, 0.25) is 0 Å². The molecule has 0 amide bonds. The zero-order valence-corrected chi connectivity index (χ0v) is 11.8. The van der Waals surface area contributed by atoms with Crippen LogP contribution in [0.5, 0.6) is 5.75 Å². The summed E-state index contributed by atoms with van der Waals surface area (Å²) in [6, 6.07) is 11.6. The quantitative estimate of drug-likeness (QED) is 0.752. The van der Waals surface area contributed by atoms with Gasteiger partial charge in [0.15, 0.2) is 0 Å². The first-order valence-corrected chi connectivity index (χ1v) is 6.47. The van der Waals surface area contributed by atoms with E-state index in [0.29, 0.717) is 16.7 Å². The molecule has 18 heavy (non-hydrogen) atoms. The van der Waals surface area contributed by atoms with Crippen molar-refractivity contribution in [2.75, 3.05) is 0 Å². The summed E-state index contributed by atoms with van der Waals surface area (Å²) in [7, 11) is 0. The van der Waals surface area contributed by atoms with Crippen LogP contribution >= 0.6 is 23.2 Å². The van der Waals surface area contributed by atoms with Crippen LogP contribution in [0.4, 0.5) is 0 Å².